The number of rotatable bonds is 6. The Morgan fingerprint density at radius 3 is 2.56 bits per heavy atom. The van der Waals surface area contributed by atoms with E-state index in [2.05, 4.69) is 22.5 Å². The lowest BCUT2D eigenvalue weighted by molar-refractivity contribution is -0.122. The predicted molar refractivity (Wildman–Crippen MR) is 126 cm³/mol. The summed E-state index contributed by atoms with van der Waals surface area (Å²) in [5, 5.41) is 10.3. The molecule has 5 rings (SSSR count). The van der Waals surface area contributed by atoms with Gasteiger partial charge in [-0.1, -0.05) is 60.1 Å². The third-order valence-electron chi connectivity index (χ3n) is 5.84. The van der Waals surface area contributed by atoms with E-state index in [1.807, 2.05) is 55.5 Å². The lowest BCUT2D eigenvalue weighted by Crippen LogP contribution is -2.34. The van der Waals surface area contributed by atoms with E-state index in [1.165, 1.54) is 4.68 Å². The van der Waals surface area contributed by atoms with Crippen LogP contribution in [0.2, 0.25) is 5.02 Å². The van der Waals surface area contributed by atoms with Gasteiger partial charge in [-0.15, -0.1) is 5.10 Å². The zero-order valence-electron chi connectivity index (χ0n) is 17.7. The van der Waals surface area contributed by atoms with Crippen molar-refractivity contribution < 1.29 is 4.79 Å². The molecule has 1 atom stereocenters. The van der Waals surface area contributed by atoms with E-state index in [-0.39, 0.29) is 30.2 Å². The Balaban J connectivity index is 1.37. The van der Waals surface area contributed by atoms with Gasteiger partial charge in [0.1, 0.15) is 6.54 Å². The van der Waals surface area contributed by atoms with Crippen LogP contribution >= 0.6 is 11.6 Å². The van der Waals surface area contributed by atoms with Gasteiger partial charge >= 0.3 is 5.69 Å². The summed E-state index contributed by atoms with van der Waals surface area (Å²) in [5.74, 6) is 0.248. The topological polar surface area (TPSA) is 68.9 Å². The fourth-order valence-electron chi connectivity index (χ4n) is 3.99. The molecular formula is C25H23ClN4O2. The molecule has 1 fully saturated rings. The van der Waals surface area contributed by atoms with Gasteiger partial charge in [0.05, 0.1) is 11.1 Å². The molecular weight excluding hydrogens is 424 g/mol. The van der Waals surface area contributed by atoms with Crippen LogP contribution in [0.5, 0.6) is 0 Å². The first-order valence-corrected chi connectivity index (χ1v) is 11.1. The van der Waals surface area contributed by atoms with Gasteiger partial charge in [0.15, 0.2) is 5.82 Å². The molecule has 0 aliphatic heterocycles. The second kappa shape index (κ2) is 8.28. The molecule has 0 bridgehead atoms. The first-order chi connectivity index (χ1) is 15.5. The van der Waals surface area contributed by atoms with Crippen LogP contribution in [0, 0.1) is 0 Å². The number of benzene rings is 3. The van der Waals surface area contributed by atoms with Crippen LogP contribution in [0.4, 0.5) is 0 Å². The van der Waals surface area contributed by atoms with Crippen LogP contribution < -0.4 is 11.0 Å². The first kappa shape index (κ1) is 20.5. The lowest BCUT2D eigenvalue weighted by atomic mass is 10.0. The Hall–Kier alpha value is -3.38. The second-order valence-corrected chi connectivity index (χ2v) is 8.65. The maximum absolute atomic E-state index is 13.0. The van der Waals surface area contributed by atoms with Gasteiger partial charge in [-0.2, -0.15) is 0 Å². The van der Waals surface area contributed by atoms with Crippen LogP contribution in [-0.4, -0.2) is 20.3 Å². The summed E-state index contributed by atoms with van der Waals surface area (Å²) in [5.41, 5.74) is 1.42. The smallest absolute Gasteiger partial charge is 0.346 e. The van der Waals surface area contributed by atoms with Crippen LogP contribution in [0.25, 0.3) is 22.2 Å². The molecule has 162 valence electrons. The predicted octanol–water partition coefficient (Wildman–Crippen LogP) is 4.73. The summed E-state index contributed by atoms with van der Waals surface area (Å²) < 4.78 is 2.90. The van der Waals surface area contributed by atoms with Crippen molar-refractivity contribution in [3.05, 3.63) is 87.8 Å². The van der Waals surface area contributed by atoms with Gasteiger partial charge in [-0.05, 0) is 54.3 Å². The highest BCUT2D eigenvalue weighted by Gasteiger charge is 2.31. The molecule has 1 aliphatic carbocycles. The van der Waals surface area contributed by atoms with Crippen molar-refractivity contribution in [3.63, 3.8) is 0 Å². The number of carbonyl (C=O) groups is 1. The van der Waals surface area contributed by atoms with Crippen LogP contribution in [0.3, 0.4) is 0 Å². The molecule has 7 heteroatoms. The van der Waals surface area contributed by atoms with E-state index in [4.69, 9.17) is 11.6 Å². The normalized spacial score (nSPS) is 14.4. The minimum atomic E-state index is -0.282. The summed E-state index contributed by atoms with van der Waals surface area (Å²) in [6, 6.07) is 21.5. The molecule has 32 heavy (non-hydrogen) atoms. The Morgan fingerprint density at radius 1 is 1.09 bits per heavy atom. The maximum Gasteiger partial charge on any atom is 0.346 e. The number of carbonyl (C=O) groups excluding carboxylic acids is 1. The van der Waals surface area contributed by atoms with Crippen LogP contribution in [0.15, 0.2) is 71.5 Å². The van der Waals surface area contributed by atoms with Crippen molar-refractivity contribution in [1.29, 1.82) is 0 Å². The summed E-state index contributed by atoms with van der Waals surface area (Å²) in [6.07, 6.45) is 1.85. The number of nitrogens with one attached hydrogen (secondary N) is 1. The highest BCUT2D eigenvalue weighted by Crippen LogP contribution is 2.37. The molecule has 1 heterocycles. The van der Waals surface area contributed by atoms with E-state index in [9.17, 15) is 9.59 Å². The molecule has 4 aromatic rings. The highest BCUT2D eigenvalue weighted by molar-refractivity contribution is 6.33. The van der Waals surface area contributed by atoms with Gasteiger partial charge in [-0.25, -0.2) is 9.48 Å². The quantitative estimate of drug-likeness (QED) is 0.465. The molecule has 0 radical (unpaired) electrons. The molecule has 1 unspecified atom stereocenters. The second-order valence-electron chi connectivity index (χ2n) is 8.24. The fraction of sp³-hybridized carbons (Fsp3) is 0.240. The highest BCUT2D eigenvalue weighted by atomic mass is 35.5. The Morgan fingerprint density at radius 2 is 1.81 bits per heavy atom. The monoisotopic (exact) mass is 446 g/mol. The molecule has 3 aromatic carbocycles. The molecule has 1 saturated carbocycles. The van der Waals surface area contributed by atoms with Gasteiger partial charge < -0.3 is 5.32 Å². The largest absolute Gasteiger partial charge is 0.348 e. The van der Waals surface area contributed by atoms with Gasteiger partial charge in [-0.3, -0.25) is 9.36 Å². The van der Waals surface area contributed by atoms with E-state index in [0.717, 1.165) is 29.2 Å². The lowest BCUT2D eigenvalue weighted by Gasteiger charge is -2.15. The standard InChI is InChI=1S/C25H23ClN4O2/c1-16(18-11-10-17-6-2-3-7-19(17)14-18)27-23(31)15-29-25(32)30(20-12-13-20)24(28-29)21-8-4-5-9-22(21)26/h2-11,14,16,20H,12-13,15H2,1H3,(H,27,31). The Kier molecular flexibility index (Phi) is 5.31. The number of hydrogen-bond donors (Lipinski definition) is 1. The van der Waals surface area contributed by atoms with Gasteiger partial charge in [0.2, 0.25) is 5.91 Å². The summed E-state index contributed by atoms with van der Waals surface area (Å²) in [4.78, 5) is 25.8. The minimum Gasteiger partial charge on any atom is -0.348 e. The van der Waals surface area contributed by atoms with E-state index in [1.54, 1.807) is 10.6 Å². The van der Waals surface area contributed by atoms with E-state index < -0.39 is 0 Å². The van der Waals surface area contributed by atoms with Gasteiger partial charge in [0.25, 0.3) is 0 Å². The summed E-state index contributed by atoms with van der Waals surface area (Å²) >= 11 is 6.36. The maximum atomic E-state index is 13.0. The van der Waals surface area contributed by atoms with Crippen molar-refractivity contribution in [3.8, 4) is 11.4 Å². The van der Waals surface area contributed by atoms with Crippen molar-refractivity contribution >= 4 is 28.3 Å². The summed E-state index contributed by atoms with van der Waals surface area (Å²) in [7, 11) is 0. The van der Waals surface area contributed by atoms with E-state index >= 15 is 0 Å². The molecule has 6 nitrogen and oxygen atoms in total. The Bertz CT molecular complexity index is 1370. The number of amides is 1. The number of fused-ring (bicyclic) bond motifs is 1. The summed E-state index contributed by atoms with van der Waals surface area (Å²) in [6.45, 7) is 1.79. The van der Waals surface area contributed by atoms with Crippen molar-refractivity contribution in [2.24, 2.45) is 0 Å². The number of nitrogens with zero attached hydrogens (tertiary/aromatic N) is 3. The third kappa shape index (κ3) is 3.94. The first-order valence-electron chi connectivity index (χ1n) is 10.7. The number of halogens is 1. The minimum absolute atomic E-state index is 0.113. The fourth-order valence-corrected chi connectivity index (χ4v) is 4.22. The molecule has 1 aromatic heterocycles. The molecule has 0 spiro atoms. The zero-order chi connectivity index (χ0) is 22.2. The molecule has 1 N–H and O–H groups in total. The third-order valence-corrected chi connectivity index (χ3v) is 6.17. The molecule has 1 amide bonds. The zero-order valence-corrected chi connectivity index (χ0v) is 18.4. The molecule has 1 aliphatic rings. The van der Waals surface area contributed by atoms with Crippen molar-refractivity contribution in [1.82, 2.24) is 19.7 Å². The van der Waals surface area contributed by atoms with Gasteiger partial charge in [0, 0.05) is 11.6 Å². The SMILES string of the molecule is CC(NC(=O)Cn1nc(-c2ccccc2Cl)n(C2CC2)c1=O)c1ccc2ccccc2c1. The molecule has 0 saturated heterocycles. The average molecular weight is 447 g/mol. The van der Waals surface area contributed by atoms with Crippen molar-refractivity contribution in [2.45, 2.75) is 38.4 Å². The van der Waals surface area contributed by atoms with Crippen LogP contribution in [0.1, 0.15) is 37.4 Å². The number of aromatic nitrogens is 3. The van der Waals surface area contributed by atoms with Crippen LogP contribution in [-0.2, 0) is 11.3 Å². The number of hydrogen-bond acceptors (Lipinski definition) is 3. The average Bonchev–Trinajstić information content (AvgIpc) is 3.58. The Labute approximate surface area is 190 Å². The van der Waals surface area contributed by atoms with Crippen molar-refractivity contribution in [2.75, 3.05) is 0 Å². The van der Waals surface area contributed by atoms with E-state index in [0.29, 0.717) is 16.4 Å².